The summed E-state index contributed by atoms with van der Waals surface area (Å²) in [6, 6.07) is 5.68. The van der Waals surface area contributed by atoms with Crippen LogP contribution in [0.2, 0.25) is 0 Å². The summed E-state index contributed by atoms with van der Waals surface area (Å²) in [7, 11) is -1.66. The lowest BCUT2D eigenvalue weighted by Gasteiger charge is -2.23. The van der Waals surface area contributed by atoms with E-state index in [1.165, 1.54) is 4.31 Å². The van der Waals surface area contributed by atoms with Crippen LogP contribution in [-0.4, -0.2) is 62.6 Å². The normalized spacial score (nSPS) is 16.8. The Bertz CT molecular complexity index is 716. The SMILES string of the molecule is CCS(=O)(=O)N1CCCN(C(=O)c2cc(C(C)C)ccc2OC)CC1. The molecule has 6 nitrogen and oxygen atoms in total. The zero-order chi connectivity index (χ0) is 18.6. The van der Waals surface area contributed by atoms with Crippen LogP contribution in [0.5, 0.6) is 5.75 Å². The van der Waals surface area contributed by atoms with Crippen molar-refractivity contribution in [3.05, 3.63) is 29.3 Å². The van der Waals surface area contributed by atoms with Crippen molar-refractivity contribution in [1.82, 2.24) is 9.21 Å². The smallest absolute Gasteiger partial charge is 0.257 e. The lowest BCUT2D eigenvalue weighted by molar-refractivity contribution is 0.0760. The van der Waals surface area contributed by atoms with Crippen molar-refractivity contribution in [2.24, 2.45) is 0 Å². The quantitative estimate of drug-likeness (QED) is 0.800. The summed E-state index contributed by atoms with van der Waals surface area (Å²) >= 11 is 0. The highest BCUT2D eigenvalue weighted by atomic mass is 32.2. The van der Waals surface area contributed by atoms with Crippen molar-refractivity contribution in [3.8, 4) is 5.75 Å². The molecule has 25 heavy (non-hydrogen) atoms. The van der Waals surface area contributed by atoms with Crippen molar-refractivity contribution in [2.45, 2.75) is 33.1 Å². The first-order chi connectivity index (χ1) is 11.8. The maximum Gasteiger partial charge on any atom is 0.257 e. The highest BCUT2D eigenvalue weighted by Crippen LogP contribution is 2.26. The highest BCUT2D eigenvalue weighted by molar-refractivity contribution is 7.89. The van der Waals surface area contributed by atoms with Gasteiger partial charge in [-0.1, -0.05) is 19.9 Å². The van der Waals surface area contributed by atoms with E-state index in [2.05, 4.69) is 13.8 Å². The van der Waals surface area contributed by atoms with Gasteiger partial charge in [-0.15, -0.1) is 0 Å². The van der Waals surface area contributed by atoms with E-state index in [9.17, 15) is 13.2 Å². The Morgan fingerprint density at radius 1 is 1.20 bits per heavy atom. The number of carbonyl (C=O) groups is 1. The van der Waals surface area contributed by atoms with E-state index in [1.54, 1.807) is 18.9 Å². The molecule has 0 atom stereocenters. The first-order valence-electron chi connectivity index (χ1n) is 8.75. The van der Waals surface area contributed by atoms with Crippen molar-refractivity contribution in [2.75, 3.05) is 39.0 Å². The molecule has 1 saturated heterocycles. The van der Waals surface area contributed by atoms with E-state index in [0.717, 1.165) is 5.56 Å². The van der Waals surface area contributed by atoms with Crippen LogP contribution in [0.4, 0.5) is 0 Å². The molecule has 0 bridgehead atoms. The van der Waals surface area contributed by atoms with Crippen LogP contribution < -0.4 is 4.74 Å². The van der Waals surface area contributed by atoms with Gasteiger partial charge in [-0.05, 0) is 37.0 Å². The standard InChI is InChI=1S/C18H28N2O4S/c1-5-25(22,23)20-10-6-9-19(11-12-20)18(21)16-13-15(14(2)3)7-8-17(16)24-4/h7-8,13-14H,5-6,9-12H2,1-4H3. The molecule has 0 saturated carbocycles. The van der Waals surface area contributed by atoms with Crippen LogP contribution in [0.1, 0.15) is 49.0 Å². The molecule has 2 rings (SSSR count). The molecule has 1 amide bonds. The molecular weight excluding hydrogens is 340 g/mol. The molecule has 0 aromatic heterocycles. The molecule has 1 fully saturated rings. The minimum Gasteiger partial charge on any atom is -0.496 e. The van der Waals surface area contributed by atoms with Crippen LogP contribution in [0.3, 0.4) is 0 Å². The fourth-order valence-electron chi connectivity index (χ4n) is 2.98. The van der Waals surface area contributed by atoms with Gasteiger partial charge in [0.05, 0.1) is 18.4 Å². The molecular formula is C18H28N2O4S. The Labute approximate surface area is 150 Å². The van der Waals surface area contributed by atoms with E-state index in [1.807, 2.05) is 18.2 Å². The predicted octanol–water partition coefficient (Wildman–Crippen LogP) is 2.32. The Morgan fingerprint density at radius 2 is 1.92 bits per heavy atom. The first kappa shape index (κ1) is 19.7. The Balaban J connectivity index is 2.22. The molecule has 0 spiro atoms. The zero-order valence-electron chi connectivity index (χ0n) is 15.5. The number of methoxy groups -OCH3 is 1. The number of carbonyl (C=O) groups excluding carboxylic acids is 1. The number of amides is 1. The van der Waals surface area contributed by atoms with Gasteiger partial charge in [-0.25, -0.2) is 12.7 Å². The summed E-state index contributed by atoms with van der Waals surface area (Å²) in [4.78, 5) is 14.7. The third-order valence-electron chi connectivity index (χ3n) is 4.62. The summed E-state index contributed by atoms with van der Waals surface area (Å²) < 4.78 is 31.0. The van der Waals surface area contributed by atoms with Crippen molar-refractivity contribution < 1.29 is 17.9 Å². The van der Waals surface area contributed by atoms with Gasteiger partial charge in [0.1, 0.15) is 5.75 Å². The molecule has 1 aliphatic rings. The average Bonchev–Trinajstić information content (AvgIpc) is 2.87. The number of hydrogen-bond donors (Lipinski definition) is 0. The van der Waals surface area contributed by atoms with E-state index in [-0.39, 0.29) is 11.7 Å². The van der Waals surface area contributed by atoms with Crippen molar-refractivity contribution in [3.63, 3.8) is 0 Å². The summed E-state index contributed by atoms with van der Waals surface area (Å²) in [5.74, 6) is 0.851. The second kappa shape index (κ2) is 8.19. The molecule has 0 unspecified atom stereocenters. The van der Waals surface area contributed by atoms with Crippen LogP contribution >= 0.6 is 0 Å². The number of rotatable bonds is 5. The minimum absolute atomic E-state index is 0.0885. The molecule has 140 valence electrons. The van der Waals surface area contributed by atoms with Gasteiger partial charge in [0, 0.05) is 26.2 Å². The van der Waals surface area contributed by atoms with Gasteiger partial charge in [0.25, 0.3) is 5.91 Å². The molecule has 0 N–H and O–H groups in total. The maximum atomic E-state index is 13.0. The van der Waals surface area contributed by atoms with E-state index in [0.29, 0.717) is 49.8 Å². The summed E-state index contributed by atoms with van der Waals surface area (Å²) in [5.41, 5.74) is 1.62. The molecule has 0 radical (unpaired) electrons. The Hall–Kier alpha value is -1.60. The van der Waals surface area contributed by atoms with E-state index < -0.39 is 10.0 Å². The molecule has 1 aromatic carbocycles. The monoisotopic (exact) mass is 368 g/mol. The second-order valence-corrected chi connectivity index (χ2v) is 8.82. The largest absolute Gasteiger partial charge is 0.496 e. The van der Waals surface area contributed by atoms with Crippen LogP contribution in [0, 0.1) is 0 Å². The first-order valence-corrected chi connectivity index (χ1v) is 10.4. The van der Waals surface area contributed by atoms with Gasteiger partial charge in [0.15, 0.2) is 0 Å². The molecule has 0 aliphatic carbocycles. The Kier molecular flexibility index (Phi) is 6.46. The zero-order valence-corrected chi connectivity index (χ0v) is 16.3. The maximum absolute atomic E-state index is 13.0. The summed E-state index contributed by atoms with van der Waals surface area (Å²) in [6.07, 6.45) is 0.636. The lowest BCUT2D eigenvalue weighted by Crippen LogP contribution is -2.38. The second-order valence-electron chi connectivity index (χ2n) is 6.56. The van der Waals surface area contributed by atoms with Gasteiger partial charge in [0.2, 0.25) is 10.0 Å². The number of ether oxygens (including phenoxy) is 1. The van der Waals surface area contributed by atoms with Gasteiger partial charge in [-0.2, -0.15) is 0 Å². The molecule has 1 aliphatic heterocycles. The third kappa shape index (κ3) is 4.52. The minimum atomic E-state index is -3.22. The van der Waals surface area contributed by atoms with Crippen LogP contribution in [0.25, 0.3) is 0 Å². The topological polar surface area (TPSA) is 66.9 Å². The van der Waals surface area contributed by atoms with Gasteiger partial charge < -0.3 is 9.64 Å². The van der Waals surface area contributed by atoms with Gasteiger partial charge >= 0.3 is 0 Å². The number of sulfonamides is 1. The fourth-order valence-corrected chi connectivity index (χ4v) is 4.11. The average molecular weight is 368 g/mol. The third-order valence-corrected chi connectivity index (χ3v) is 6.50. The number of nitrogens with zero attached hydrogens (tertiary/aromatic N) is 2. The lowest BCUT2D eigenvalue weighted by atomic mass is 9.99. The number of hydrogen-bond acceptors (Lipinski definition) is 4. The highest BCUT2D eigenvalue weighted by Gasteiger charge is 2.27. The van der Waals surface area contributed by atoms with Gasteiger partial charge in [-0.3, -0.25) is 4.79 Å². The van der Waals surface area contributed by atoms with E-state index in [4.69, 9.17) is 4.74 Å². The molecule has 1 heterocycles. The predicted molar refractivity (Wildman–Crippen MR) is 98.6 cm³/mol. The van der Waals surface area contributed by atoms with Crippen LogP contribution in [-0.2, 0) is 10.0 Å². The molecule has 1 aromatic rings. The fraction of sp³-hybridized carbons (Fsp3) is 0.611. The molecule has 7 heteroatoms. The summed E-state index contributed by atoms with van der Waals surface area (Å²) in [6.45, 7) is 7.55. The summed E-state index contributed by atoms with van der Waals surface area (Å²) in [5, 5.41) is 0. The van der Waals surface area contributed by atoms with Crippen LogP contribution in [0.15, 0.2) is 18.2 Å². The Morgan fingerprint density at radius 3 is 2.52 bits per heavy atom. The van der Waals surface area contributed by atoms with Crippen molar-refractivity contribution in [1.29, 1.82) is 0 Å². The number of benzene rings is 1. The van der Waals surface area contributed by atoms with Crippen molar-refractivity contribution >= 4 is 15.9 Å². The van der Waals surface area contributed by atoms with E-state index >= 15 is 0 Å².